The average molecular weight is 341 g/mol. The van der Waals surface area contributed by atoms with E-state index in [1.807, 2.05) is 34.6 Å². The average Bonchev–Trinajstić information content (AvgIpc) is 2.51. The van der Waals surface area contributed by atoms with Crippen molar-refractivity contribution in [1.82, 2.24) is 0 Å². The van der Waals surface area contributed by atoms with E-state index in [2.05, 4.69) is 5.32 Å². The fourth-order valence-electron chi connectivity index (χ4n) is 1.65. The van der Waals surface area contributed by atoms with Gasteiger partial charge in [0.05, 0.1) is 10.6 Å². The Balaban J connectivity index is 0. The predicted octanol–water partition coefficient (Wildman–Crippen LogP) is 5.95. The number of rotatable bonds is 5. The molecule has 0 aliphatic carbocycles. The van der Waals surface area contributed by atoms with E-state index in [0.29, 0.717) is 18.7 Å². The van der Waals surface area contributed by atoms with Crippen LogP contribution in [-0.2, 0) is 6.18 Å². The minimum atomic E-state index is -4.44. The third-order valence-electron chi connectivity index (χ3n) is 2.65. The second-order valence-electron chi connectivity index (χ2n) is 4.02. The topological polar surface area (TPSA) is 38.0 Å². The van der Waals surface area contributed by atoms with Crippen molar-refractivity contribution < 1.29 is 13.2 Å². The zero-order valence-electron chi connectivity index (χ0n) is 14.0. The molecular weight excluding hydrogens is 313 g/mol. The molecule has 2 nitrogen and oxygen atoms in total. The van der Waals surface area contributed by atoms with Crippen molar-refractivity contribution in [1.29, 1.82) is 0 Å². The summed E-state index contributed by atoms with van der Waals surface area (Å²) in [6.45, 7) is 10.4. The normalized spacial score (nSPS) is 11.5. The predicted molar refractivity (Wildman–Crippen MR) is 90.5 cm³/mol. The first-order chi connectivity index (χ1) is 10.4. The number of nitrogens with two attached hydrogens (primary N) is 1. The molecule has 0 aliphatic heterocycles. The van der Waals surface area contributed by atoms with Crippen LogP contribution in [0.2, 0.25) is 5.02 Å². The van der Waals surface area contributed by atoms with Crippen LogP contribution in [0.25, 0.3) is 0 Å². The first kappa shape index (κ1) is 23.3. The maximum Gasteiger partial charge on any atom is 0.417 e. The minimum Gasteiger partial charge on any atom is -0.382 e. The highest BCUT2D eigenvalue weighted by atomic mass is 35.5. The highest BCUT2D eigenvalue weighted by Crippen LogP contribution is 2.36. The molecule has 1 aromatic rings. The molecule has 0 aromatic heterocycles. The summed E-state index contributed by atoms with van der Waals surface area (Å²) in [5.74, 6) is 0. The van der Waals surface area contributed by atoms with Crippen LogP contribution < -0.4 is 11.1 Å². The minimum absolute atomic E-state index is 0.0669. The van der Waals surface area contributed by atoms with Gasteiger partial charge in [0.2, 0.25) is 0 Å². The van der Waals surface area contributed by atoms with Crippen molar-refractivity contribution in [3.63, 3.8) is 0 Å². The molecule has 0 saturated carbocycles. The van der Waals surface area contributed by atoms with Gasteiger partial charge in [0.1, 0.15) is 0 Å². The van der Waals surface area contributed by atoms with E-state index < -0.39 is 11.7 Å². The molecule has 1 aromatic carbocycles. The zero-order valence-corrected chi connectivity index (χ0v) is 14.8. The summed E-state index contributed by atoms with van der Waals surface area (Å²) >= 11 is 5.54. The van der Waals surface area contributed by atoms with Gasteiger partial charge in [-0.05, 0) is 37.6 Å². The molecule has 3 N–H and O–H groups in total. The van der Waals surface area contributed by atoms with E-state index in [1.165, 1.54) is 12.1 Å². The molecular formula is C16H28ClF3N2. The smallest absolute Gasteiger partial charge is 0.382 e. The highest BCUT2D eigenvalue weighted by Gasteiger charge is 2.33. The lowest BCUT2D eigenvalue weighted by Crippen LogP contribution is -2.22. The zero-order chi connectivity index (χ0) is 17.8. The van der Waals surface area contributed by atoms with E-state index in [-0.39, 0.29) is 11.1 Å². The molecule has 6 heteroatoms. The molecule has 0 bridgehead atoms. The van der Waals surface area contributed by atoms with Gasteiger partial charge in [-0.15, -0.1) is 0 Å². The third-order valence-corrected chi connectivity index (χ3v) is 2.98. The summed E-state index contributed by atoms with van der Waals surface area (Å²) in [6.07, 6.45) is -2.94. The number of hydrogen-bond donors (Lipinski definition) is 2. The van der Waals surface area contributed by atoms with Gasteiger partial charge in [-0.1, -0.05) is 46.2 Å². The van der Waals surface area contributed by atoms with Crippen LogP contribution in [0.1, 0.15) is 53.0 Å². The quantitative estimate of drug-likeness (QED) is 0.695. The summed E-state index contributed by atoms with van der Waals surface area (Å²) in [6, 6.07) is 3.89. The van der Waals surface area contributed by atoms with Gasteiger partial charge in [-0.25, -0.2) is 0 Å². The number of nitrogens with one attached hydrogen (secondary N) is 1. The Labute approximate surface area is 137 Å². The summed E-state index contributed by atoms with van der Waals surface area (Å²) in [7, 11) is 0. The molecule has 0 heterocycles. The Hall–Kier alpha value is -0.940. The lowest BCUT2D eigenvalue weighted by molar-refractivity contribution is -0.137. The first-order valence-corrected chi connectivity index (χ1v) is 8.09. The lowest BCUT2D eigenvalue weighted by Gasteiger charge is -2.19. The van der Waals surface area contributed by atoms with E-state index >= 15 is 0 Å². The van der Waals surface area contributed by atoms with Crippen LogP contribution in [-0.4, -0.2) is 12.6 Å². The van der Waals surface area contributed by atoms with Crippen LogP contribution >= 0.6 is 11.6 Å². The molecule has 0 fully saturated rings. The van der Waals surface area contributed by atoms with Gasteiger partial charge in [-0.3, -0.25) is 0 Å². The van der Waals surface area contributed by atoms with Gasteiger partial charge in [0.25, 0.3) is 0 Å². The second-order valence-corrected chi connectivity index (χ2v) is 4.43. The summed E-state index contributed by atoms with van der Waals surface area (Å²) in [4.78, 5) is 0. The lowest BCUT2D eigenvalue weighted by atomic mass is 10.1. The van der Waals surface area contributed by atoms with Crippen molar-refractivity contribution in [3.8, 4) is 0 Å². The van der Waals surface area contributed by atoms with Crippen molar-refractivity contribution >= 4 is 17.3 Å². The molecule has 0 saturated heterocycles. The number of benzene rings is 1. The van der Waals surface area contributed by atoms with Crippen molar-refractivity contribution in [2.75, 3.05) is 11.9 Å². The van der Waals surface area contributed by atoms with E-state index in [0.717, 1.165) is 12.5 Å². The Bertz CT molecular complexity index is 395. The van der Waals surface area contributed by atoms with E-state index in [4.69, 9.17) is 17.3 Å². The van der Waals surface area contributed by atoms with Crippen molar-refractivity contribution in [2.24, 2.45) is 5.73 Å². The molecule has 22 heavy (non-hydrogen) atoms. The Kier molecular flexibility index (Phi) is 13.3. The molecule has 0 aliphatic rings. The van der Waals surface area contributed by atoms with Crippen molar-refractivity contribution in [3.05, 3.63) is 28.8 Å². The largest absolute Gasteiger partial charge is 0.417 e. The SMILES string of the molecule is CC.CC.CCC(CCN)Nc1ccc(Cl)c(C(F)(F)F)c1. The monoisotopic (exact) mass is 340 g/mol. The van der Waals surface area contributed by atoms with Crippen LogP contribution in [0.5, 0.6) is 0 Å². The molecule has 0 spiro atoms. The fraction of sp³-hybridized carbons (Fsp3) is 0.625. The summed E-state index contributed by atoms with van der Waals surface area (Å²) in [5, 5.41) is 2.74. The van der Waals surface area contributed by atoms with Crippen LogP contribution in [0.15, 0.2) is 18.2 Å². The van der Waals surface area contributed by atoms with Gasteiger partial charge in [-0.2, -0.15) is 13.2 Å². The number of halogens is 4. The standard InChI is InChI=1S/C12H16ClF3N2.2C2H6/c1-2-8(5-6-17)18-9-3-4-11(13)10(7-9)12(14,15)16;2*1-2/h3-4,7-8,18H,2,5-6,17H2,1H3;2*1-2H3. The number of hydrogen-bond acceptors (Lipinski definition) is 2. The number of alkyl halides is 3. The van der Waals surface area contributed by atoms with Crippen LogP contribution in [0.3, 0.4) is 0 Å². The third kappa shape index (κ3) is 8.49. The molecule has 1 rings (SSSR count). The maximum absolute atomic E-state index is 12.7. The second kappa shape index (κ2) is 12.6. The van der Waals surface area contributed by atoms with Gasteiger partial charge in [0.15, 0.2) is 0 Å². The summed E-state index contributed by atoms with van der Waals surface area (Å²) < 4.78 is 38.0. The van der Waals surface area contributed by atoms with E-state index in [1.54, 1.807) is 0 Å². The molecule has 1 unspecified atom stereocenters. The van der Waals surface area contributed by atoms with Crippen LogP contribution in [0.4, 0.5) is 18.9 Å². The molecule has 0 radical (unpaired) electrons. The Morgan fingerprint density at radius 2 is 1.73 bits per heavy atom. The Morgan fingerprint density at radius 1 is 1.18 bits per heavy atom. The van der Waals surface area contributed by atoms with Gasteiger partial charge in [0, 0.05) is 11.7 Å². The maximum atomic E-state index is 12.7. The highest BCUT2D eigenvalue weighted by molar-refractivity contribution is 6.31. The van der Waals surface area contributed by atoms with Gasteiger partial charge >= 0.3 is 6.18 Å². The molecule has 130 valence electrons. The van der Waals surface area contributed by atoms with E-state index in [9.17, 15) is 13.2 Å². The van der Waals surface area contributed by atoms with Gasteiger partial charge < -0.3 is 11.1 Å². The fourth-order valence-corrected chi connectivity index (χ4v) is 1.87. The van der Waals surface area contributed by atoms with Crippen molar-refractivity contribution in [2.45, 2.75) is 59.7 Å². The van der Waals surface area contributed by atoms with Crippen LogP contribution in [0, 0.1) is 0 Å². The molecule has 1 atom stereocenters. The Morgan fingerprint density at radius 3 is 2.14 bits per heavy atom. The summed E-state index contributed by atoms with van der Waals surface area (Å²) in [5.41, 5.74) is 5.03. The number of anilines is 1. The molecule has 0 amide bonds. The first-order valence-electron chi connectivity index (χ1n) is 7.71.